The molecule has 0 radical (unpaired) electrons. The lowest BCUT2D eigenvalue weighted by Crippen LogP contribution is -2.35. The molecule has 0 saturated heterocycles. The van der Waals surface area contributed by atoms with E-state index in [0.717, 1.165) is 18.5 Å². The smallest absolute Gasteiger partial charge is 0.410 e. The Balaban J connectivity index is 2.27. The number of nitrogens with zero attached hydrogens (tertiary/aromatic N) is 1. The SMILES string of the molecule is CN(CCCNCc1c(Cl)cccc1Cl)C(=O)OC(C)(C)C. The van der Waals surface area contributed by atoms with Gasteiger partial charge in [0, 0.05) is 35.7 Å². The minimum absolute atomic E-state index is 0.304. The minimum atomic E-state index is -0.468. The van der Waals surface area contributed by atoms with Crippen LogP contribution in [0.3, 0.4) is 0 Å². The van der Waals surface area contributed by atoms with Gasteiger partial charge in [-0.25, -0.2) is 4.79 Å². The molecule has 0 bridgehead atoms. The normalized spacial score (nSPS) is 11.4. The summed E-state index contributed by atoms with van der Waals surface area (Å²) in [6, 6.07) is 5.46. The molecule has 4 nitrogen and oxygen atoms in total. The topological polar surface area (TPSA) is 41.6 Å². The standard InChI is InChI=1S/C16H24Cl2N2O2/c1-16(2,3)22-15(21)20(4)10-6-9-19-11-12-13(17)7-5-8-14(12)18/h5,7-8,19H,6,9-11H2,1-4H3. The van der Waals surface area contributed by atoms with Crippen molar-refractivity contribution < 1.29 is 9.53 Å². The number of amides is 1. The van der Waals surface area contributed by atoms with Gasteiger partial charge in [-0.3, -0.25) is 0 Å². The first kappa shape index (κ1) is 19.1. The van der Waals surface area contributed by atoms with Crippen LogP contribution in [-0.2, 0) is 11.3 Å². The molecule has 1 rings (SSSR count). The third-order valence-corrected chi connectivity index (χ3v) is 3.62. The zero-order valence-corrected chi connectivity index (χ0v) is 15.1. The molecule has 0 saturated carbocycles. The van der Waals surface area contributed by atoms with Crippen LogP contribution < -0.4 is 5.32 Å². The summed E-state index contributed by atoms with van der Waals surface area (Å²) < 4.78 is 5.29. The van der Waals surface area contributed by atoms with E-state index < -0.39 is 5.60 Å². The van der Waals surface area contributed by atoms with E-state index in [2.05, 4.69) is 5.32 Å². The maximum atomic E-state index is 11.8. The van der Waals surface area contributed by atoms with Gasteiger partial charge in [0.1, 0.15) is 5.60 Å². The van der Waals surface area contributed by atoms with Crippen LogP contribution in [0.1, 0.15) is 32.8 Å². The molecule has 0 fully saturated rings. The number of carbonyl (C=O) groups excluding carboxylic acids is 1. The van der Waals surface area contributed by atoms with Gasteiger partial charge in [-0.2, -0.15) is 0 Å². The molecule has 0 aliphatic heterocycles. The van der Waals surface area contributed by atoms with E-state index in [-0.39, 0.29) is 6.09 Å². The first-order chi connectivity index (χ1) is 10.2. The van der Waals surface area contributed by atoms with Crippen LogP contribution >= 0.6 is 23.2 Å². The van der Waals surface area contributed by atoms with Crippen molar-refractivity contribution in [3.05, 3.63) is 33.8 Å². The van der Waals surface area contributed by atoms with E-state index in [0.29, 0.717) is 23.1 Å². The van der Waals surface area contributed by atoms with Crippen molar-refractivity contribution >= 4 is 29.3 Å². The summed E-state index contributed by atoms with van der Waals surface area (Å²) in [5.41, 5.74) is 0.427. The number of nitrogens with one attached hydrogen (secondary N) is 1. The minimum Gasteiger partial charge on any atom is -0.444 e. The van der Waals surface area contributed by atoms with Gasteiger partial charge in [-0.05, 0) is 45.9 Å². The summed E-state index contributed by atoms with van der Waals surface area (Å²) in [6.07, 6.45) is 0.513. The van der Waals surface area contributed by atoms with Crippen LogP contribution in [-0.4, -0.2) is 36.7 Å². The maximum absolute atomic E-state index is 11.8. The van der Waals surface area contributed by atoms with Gasteiger partial charge in [-0.15, -0.1) is 0 Å². The molecule has 0 aromatic heterocycles. The molecule has 1 aromatic carbocycles. The van der Waals surface area contributed by atoms with Crippen molar-refractivity contribution in [1.29, 1.82) is 0 Å². The summed E-state index contributed by atoms with van der Waals surface area (Å²) in [4.78, 5) is 13.4. The molecule has 0 atom stereocenters. The molecule has 22 heavy (non-hydrogen) atoms. The van der Waals surface area contributed by atoms with Gasteiger partial charge in [0.15, 0.2) is 0 Å². The quantitative estimate of drug-likeness (QED) is 0.779. The van der Waals surface area contributed by atoms with E-state index in [1.54, 1.807) is 11.9 Å². The molecular weight excluding hydrogens is 323 g/mol. The van der Waals surface area contributed by atoms with Crippen molar-refractivity contribution in [3.8, 4) is 0 Å². The third-order valence-electron chi connectivity index (χ3n) is 2.92. The lowest BCUT2D eigenvalue weighted by Gasteiger charge is -2.24. The van der Waals surface area contributed by atoms with Crippen LogP contribution in [0.4, 0.5) is 4.79 Å². The molecule has 0 spiro atoms. The average Bonchev–Trinajstić information content (AvgIpc) is 2.39. The summed E-state index contributed by atoms with van der Waals surface area (Å²) >= 11 is 12.2. The van der Waals surface area contributed by atoms with Gasteiger partial charge in [-0.1, -0.05) is 29.3 Å². The number of carbonyl (C=O) groups is 1. The van der Waals surface area contributed by atoms with Crippen molar-refractivity contribution in [2.24, 2.45) is 0 Å². The first-order valence-electron chi connectivity index (χ1n) is 7.28. The van der Waals surface area contributed by atoms with Crippen LogP contribution in [0.5, 0.6) is 0 Å². The van der Waals surface area contributed by atoms with Crippen LogP contribution in [0.15, 0.2) is 18.2 Å². The predicted octanol–water partition coefficient (Wildman–Crippen LogP) is 4.34. The van der Waals surface area contributed by atoms with Gasteiger partial charge < -0.3 is 15.0 Å². The van der Waals surface area contributed by atoms with Crippen molar-refractivity contribution in [3.63, 3.8) is 0 Å². The molecule has 124 valence electrons. The largest absolute Gasteiger partial charge is 0.444 e. The maximum Gasteiger partial charge on any atom is 0.410 e. The summed E-state index contributed by atoms with van der Waals surface area (Å²) in [7, 11) is 1.74. The Morgan fingerprint density at radius 2 is 1.86 bits per heavy atom. The van der Waals surface area contributed by atoms with Crippen LogP contribution in [0.2, 0.25) is 10.0 Å². The Bertz CT molecular complexity index is 481. The highest BCUT2D eigenvalue weighted by Gasteiger charge is 2.19. The Morgan fingerprint density at radius 1 is 1.27 bits per heavy atom. The van der Waals surface area contributed by atoms with Gasteiger partial charge in [0.05, 0.1) is 0 Å². The van der Waals surface area contributed by atoms with Gasteiger partial charge in [0.2, 0.25) is 0 Å². The lowest BCUT2D eigenvalue weighted by atomic mass is 10.2. The van der Waals surface area contributed by atoms with E-state index in [4.69, 9.17) is 27.9 Å². The lowest BCUT2D eigenvalue weighted by molar-refractivity contribution is 0.0297. The fraction of sp³-hybridized carbons (Fsp3) is 0.562. The summed E-state index contributed by atoms with van der Waals surface area (Å²) in [5, 5.41) is 4.59. The average molecular weight is 347 g/mol. The summed E-state index contributed by atoms with van der Waals surface area (Å²) in [5.74, 6) is 0. The second-order valence-electron chi connectivity index (χ2n) is 6.13. The van der Waals surface area contributed by atoms with Crippen LogP contribution in [0.25, 0.3) is 0 Å². The van der Waals surface area contributed by atoms with Crippen LogP contribution in [0, 0.1) is 0 Å². The molecule has 0 unspecified atom stereocenters. The monoisotopic (exact) mass is 346 g/mol. The molecule has 6 heteroatoms. The van der Waals surface area contributed by atoms with Gasteiger partial charge >= 0.3 is 6.09 Å². The van der Waals surface area contributed by atoms with Crippen molar-refractivity contribution in [2.75, 3.05) is 20.1 Å². The molecule has 1 amide bonds. The van der Waals surface area contributed by atoms with Crippen molar-refractivity contribution in [1.82, 2.24) is 10.2 Å². The fourth-order valence-corrected chi connectivity index (χ4v) is 2.32. The second-order valence-corrected chi connectivity index (χ2v) is 6.95. The van der Waals surface area contributed by atoms with E-state index in [1.165, 1.54) is 0 Å². The van der Waals surface area contributed by atoms with E-state index in [1.807, 2.05) is 39.0 Å². The number of halogens is 2. The van der Waals surface area contributed by atoms with Crippen molar-refractivity contribution in [2.45, 2.75) is 39.3 Å². The number of ether oxygens (including phenoxy) is 1. The number of hydrogen-bond donors (Lipinski definition) is 1. The Morgan fingerprint density at radius 3 is 2.41 bits per heavy atom. The van der Waals surface area contributed by atoms with Gasteiger partial charge in [0.25, 0.3) is 0 Å². The first-order valence-corrected chi connectivity index (χ1v) is 8.04. The highest BCUT2D eigenvalue weighted by molar-refractivity contribution is 6.35. The molecule has 0 heterocycles. The molecule has 0 aliphatic rings. The highest BCUT2D eigenvalue weighted by atomic mass is 35.5. The fourth-order valence-electron chi connectivity index (χ4n) is 1.79. The third kappa shape index (κ3) is 6.86. The molecule has 1 N–H and O–H groups in total. The zero-order valence-electron chi connectivity index (χ0n) is 13.6. The summed E-state index contributed by atoms with van der Waals surface area (Å²) in [6.45, 7) is 7.55. The predicted molar refractivity (Wildman–Crippen MR) is 91.6 cm³/mol. The highest BCUT2D eigenvalue weighted by Crippen LogP contribution is 2.23. The molecule has 1 aromatic rings. The molecule has 0 aliphatic carbocycles. The Kier molecular flexibility index (Phi) is 7.46. The zero-order chi connectivity index (χ0) is 16.8. The van der Waals surface area contributed by atoms with E-state index in [9.17, 15) is 4.79 Å². The number of rotatable bonds is 6. The Hall–Kier alpha value is -0.970. The number of benzene rings is 1. The molecular formula is C16H24Cl2N2O2. The Labute approximate surface area is 142 Å². The number of hydrogen-bond acceptors (Lipinski definition) is 3. The second kappa shape index (κ2) is 8.61. The van der Waals surface area contributed by atoms with E-state index >= 15 is 0 Å².